The third-order valence-corrected chi connectivity index (χ3v) is 15.1. The number of hydrogen-bond donors (Lipinski definition) is 3. The average molecular weight is 971 g/mol. The van der Waals surface area contributed by atoms with Gasteiger partial charge in [-0.05, 0) is 86.9 Å². The van der Waals surface area contributed by atoms with Gasteiger partial charge in [0.05, 0.1) is 47.5 Å². The van der Waals surface area contributed by atoms with Crippen molar-refractivity contribution in [1.82, 2.24) is 35.3 Å². The van der Waals surface area contributed by atoms with E-state index in [1.807, 2.05) is 112 Å². The lowest BCUT2D eigenvalue weighted by atomic mass is 9.85. The average Bonchev–Trinajstić information content (AvgIpc) is 4.09. The van der Waals surface area contributed by atoms with Gasteiger partial charge in [0.1, 0.15) is 34.7 Å². The molecule has 1 fully saturated rings. The maximum Gasteiger partial charge on any atom is 0.308 e. The number of aliphatic hydroxyl groups is 1. The second-order valence-electron chi connectivity index (χ2n) is 18.9. The molecule has 3 unspecified atom stereocenters. The lowest BCUT2D eigenvalue weighted by Crippen LogP contribution is -2.59. The van der Waals surface area contributed by atoms with Crippen LogP contribution in [-0.2, 0) is 23.9 Å². The summed E-state index contributed by atoms with van der Waals surface area (Å²) in [5, 5.41) is 26.5. The Hall–Kier alpha value is -6.56. The van der Waals surface area contributed by atoms with Crippen LogP contribution in [-0.4, -0.2) is 97.1 Å². The molecule has 2 aliphatic heterocycles. The number of thiophene rings is 1. The van der Waals surface area contributed by atoms with Gasteiger partial charge in [-0.2, -0.15) is 0 Å². The van der Waals surface area contributed by atoms with Crippen LogP contribution in [0.25, 0.3) is 26.6 Å². The largest absolute Gasteiger partial charge is 0.481 e. The number of benzene rings is 3. The Morgan fingerprint density at radius 1 is 0.870 bits per heavy atom. The molecule has 69 heavy (non-hydrogen) atoms. The normalized spacial score (nSPS) is 18.0. The number of hydrogen-bond acceptors (Lipinski definition) is 13. The van der Waals surface area contributed by atoms with Crippen LogP contribution in [0.15, 0.2) is 83.3 Å². The maximum absolute atomic E-state index is 14.3. The number of carbonyl (C=O) groups excluding carboxylic acids is 4. The first-order valence-corrected chi connectivity index (χ1v) is 24.7. The van der Waals surface area contributed by atoms with Gasteiger partial charge in [0, 0.05) is 29.0 Å². The number of amides is 3. The van der Waals surface area contributed by atoms with E-state index in [0.29, 0.717) is 17.4 Å². The van der Waals surface area contributed by atoms with Gasteiger partial charge in [-0.1, -0.05) is 81.4 Å². The van der Waals surface area contributed by atoms with Gasteiger partial charge in [0.25, 0.3) is 5.91 Å². The van der Waals surface area contributed by atoms with Gasteiger partial charge in [-0.3, -0.25) is 28.7 Å². The standard InChI is InChI=1S/C52H58N8O7S2/c1-27-31(5)69-51-43(27)44(55-40(24-42(62)66-10)47-58-57-32(6)60(47)51)36-15-13-34(14-16-36)35-19-21-39(22-20-35)67-30(4)48(63)56-46(52(7,8)9)50(65)59-25-38(61)23-41(59)49(64)54-28(2)33-11-17-37(18-12-33)45-29(3)53-26-68-45/h11-22,26,28,30,38,40-41,46,61H,23-25H2,1-10H3,(H,54,64)(H,56,63)/t28?,30?,38-,40+,41+,46?/m1/s1. The number of aliphatic hydroxyl groups excluding tert-OH is 1. The molecule has 3 aromatic carbocycles. The predicted octanol–water partition coefficient (Wildman–Crippen LogP) is 7.95. The van der Waals surface area contributed by atoms with Crippen molar-refractivity contribution in [3.05, 3.63) is 123 Å². The van der Waals surface area contributed by atoms with Crippen LogP contribution in [0.3, 0.4) is 0 Å². The topological polar surface area (TPSA) is 190 Å². The summed E-state index contributed by atoms with van der Waals surface area (Å²) in [7, 11) is 1.36. The van der Waals surface area contributed by atoms with E-state index in [-0.39, 0.29) is 31.3 Å². The van der Waals surface area contributed by atoms with Crippen molar-refractivity contribution in [2.45, 2.75) is 112 Å². The van der Waals surface area contributed by atoms with Crippen molar-refractivity contribution in [2.75, 3.05) is 13.7 Å². The molecule has 360 valence electrons. The molecule has 6 atom stereocenters. The molecule has 2 aliphatic rings. The molecule has 5 heterocycles. The van der Waals surface area contributed by atoms with Gasteiger partial charge in [0.15, 0.2) is 11.9 Å². The summed E-state index contributed by atoms with van der Waals surface area (Å²) >= 11 is 3.22. The first kappa shape index (κ1) is 48.9. The number of thiazole rings is 1. The van der Waals surface area contributed by atoms with Crippen LogP contribution < -0.4 is 15.4 Å². The highest BCUT2D eigenvalue weighted by atomic mass is 32.1. The molecule has 8 rings (SSSR count). The first-order chi connectivity index (χ1) is 32.8. The zero-order chi connectivity index (χ0) is 49.5. The number of methoxy groups -OCH3 is 1. The van der Waals surface area contributed by atoms with Crippen molar-refractivity contribution in [1.29, 1.82) is 0 Å². The molecular formula is C52H58N8O7S2. The molecule has 17 heteroatoms. The summed E-state index contributed by atoms with van der Waals surface area (Å²) in [5.74, 6) is 0.0299. The summed E-state index contributed by atoms with van der Waals surface area (Å²) in [6.07, 6.45) is -1.78. The number of nitrogens with zero attached hydrogens (tertiary/aromatic N) is 6. The van der Waals surface area contributed by atoms with Gasteiger partial charge in [-0.25, -0.2) is 4.98 Å². The number of rotatable bonds is 13. The van der Waals surface area contributed by atoms with Gasteiger partial charge in [-0.15, -0.1) is 32.9 Å². The number of nitrogens with one attached hydrogen (secondary N) is 2. The van der Waals surface area contributed by atoms with E-state index in [4.69, 9.17) is 14.5 Å². The number of esters is 1. The Bertz CT molecular complexity index is 2910. The summed E-state index contributed by atoms with van der Waals surface area (Å²) in [6.45, 7) is 17.0. The molecule has 3 aromatic heterocycles. The van der Waals surface area contributed by atoms with E-state index >= 15 is 0 Å². The van der Waals surface area contributed by atoms with E-state index in [2.05, 4.69) is 39.7 Å². The van der Waals surface area contributed by atoms with Crippen molar-refractivity contribution in [3.63, 3.8) is 0 Å². The van der Waals surface area contributed by atoms with Gasteiger partial charge in [0.2, 0.25) is 11.8 Å². The molecule has 0 saturated carbocycles. The molecule has 0 radical (unpaired) electrons. The lowest BCUT2D eigenvalue weighted by Gasteiger charge is -2.36. The zero-order valence-electron chi connectivity index (χ0n) is 40.5. The van der Waals surface area contributed by atoms with Crippen LogP contribution in [0, 0.1) is 33.1 Å². The molecule has 0 spiro atoms. The van der Waals surface area contributed by atoms with Crippen LogP contribution >= 0.6 is 22.7 Å². The zero-order valence-corrected chi connectivity index (χ0v) is 42.1. The highest BCUT2D eigenvalue weighted by Gasteiger charge is 2.45. The second-order valence-corrected chi connectivity index (χ2v) is 20.9. The number of ether oxygens (including phenoxy) is 2. The van der Waals surface area contributed by atoms with Crippen molar-refractivity contribution < 1.29 is 33.8 Å². The van der Waals surface area contributed by atoms with Crippen molar-refractivity contribution >= 4 is 52.1 Å². The predicted molar refractivity (Wildman–Crippen MR) is 267 cm³/mol. The minimum absolute atomic E-state index is 0.0174. The summed E-state index contributed by atoms with van der Waals surface area (Å²) in [4.78, 5) is 67.6. The van der Waals surface area contributed by atoms with Crippen LogP contribution in [0.2, 0.25) is 0 Å². The van der Waals surface area contributed by atoms with Crippen LogP contribution in [0.1, 0.15) is 104 Å². The van der Waals surface area contributed by atoms with Crippen molar-refractivity contribution in [2.24, 2.45) is 10.4 Å². The van der Waals surface area contributed by atoms with E-state index in [9.17, 15) is 24.3 Å². The Labute approximate surface area is 410 Å². The molecular weight excluding hydrogens is 913 g/mol. The molecule has 3 N–H and O–H groups in total. The number of β-amino-alcohol motifs (C(OH)–C–C–N with tert-alkyl or cyclic N) is 1. The number of carbonyl (C=O) groups is 4. The SMILES string of the molecule is COC(=O)C[C@@H]1N=C(c2ccc(-c3ccc(OC(C)C(=O)NC(C(=O)N4C[C@H](O)C[C@H]4C(=O)NC(C)c4ccc(-c5scnc5C)cc4)C(C)(C)C)cc3)cc2)c2c(sc(C)c2C)-n2c(C)nnc21. The number of likely N-dealkylation sites (tertiary alicyclic amines) is 1. The Balaban J connectivity index is 0.921. The fraction of sp³-hybridized carbons (Fsp3) is 0.385. The number of aryl methyl sites for hydroxylation is 3. The van der Waals surface area contributed by atoms with E-state index < -0.39 is 53.5 Å². The summed E-state index contributed by atoms with van der Waals surface area (Å²) in [5.41, 5.74) is 9.55. The van der Waals surface area contributed by atoms with Crippen LogP contribution in [0.4, 0.5) is 0 Å². The van der Waals surface area contributed by atoms with Gasteiger partial charge < -0.3 is 30.1 Å². The smallest absolute Gasteiger partial charge is 0.308 e. The molecule has 15 nitrogen and oxygen atoms in total. The van der Waals surface area contributed by atoms with E-state index in [0.717, 1.165) is 65.1 Å². The van der Waals surface area contributed by atoms with E-state index in [1.54, 1.807) is 41.7 Å². The molecule has 6 aromatic rings. The molecule has 0 aliphatic carbocycles. The monoisotopic (exact) mass is 970 g/mol. The number of aliphatic imine (C=N–C) groups is 1. The maximum atomic E-state index is 14.3. The van der Waals surface area contributed by atoms with Crippen LogP contribution in [0.5, 0.6) is 5.75 Å². The Kier molecular flexibility index (Phi) is 14.0. The molecule has 0 bridgehead atoms. The van der Waals surface area contributed by atoms with E-state index in [1.165, 1.54) is 12.0 Å². The third kappa shape index (κ3) is 10.1. The first-order valence-electron chi connectivity index (χ1n) is 23.0. The third-order valence-electron chi connectivity index (χ3n) is 12.9. The van der Waals surface area contributed by atoms with Crippen molar-refractivity contribution in [3.8, 4) is 32.3 Å². The second kappa shape index (κ2) is 19.8. The summed E-state index contributed by atoms with van der Waals surface area (Å²) in [6, 6.07) is 20.5. The number of fused-ring (bicyclic) bond motifs is 3. The minimum atomic E-state index is -1.02. The fourth-order valence-electron chi connectivity index (χ4n) is 8.85. The summed E-state index contributed by atoms with van der Waals surface area (Å²) < 4.78 is 13.1. The highest BCUT2D eigenvalue weighted by molar-refractivity contribution is 7.15. The fourth-order valence-corrected chi connectivity index (χ4v) is 10.9. The highest BCUT2D eigenvalue weighted by Crippen LogP contribution is 2.40. The Morgan fingerprint density at radius 2 is 1.51 bits per heavy atom. The number of aromatic nitrogens is 4. The molecule has 3 amide bonds. The minimum Gasteiger partial charge on any atom is -0.481 e. The van der Waals surface area contributed by atoms with Gasteiger partial charge >= 0.3 is 5.97 Å². The Morgan fingerprint density at radius 3 is 2.13 bits per heavy atom. The quantitative estimate of drug-likeness (QED) is 0.0958. The molecule has 1 saturated heterocycles. The lowest BCUT2D eigenvalue weighted by molar-refractivity contribution is -0.145.